The molecule has 0 saturated heterocycles. The first-order valence-corrected chi connectivity index (χ1v) is 24.1. The van der Waals surface area contributed by atoms with Crippen LogP contribution in [-0.4, -0.2) is 13.2 Å². The summed E-state index contributed by atoms with van der Waals surface area (Å²) in [6.07, 6.45) is 51.7. The molecule has 51 heavy (non-hydrogen) atoms. The molecule has 4 aliphatic rings. The zero-order valence-corrected chi connectivity index (χ0v) is 35.2. The van der Waals surface area contributed by atoms with Gasteiger partial charge in [0.15, 0.2) is 0 Å². The highest BCUT2D eigenvalue weighted by molar-refractivity contribution is 5.15. The Labute approximate surface area is 320 Å². The second-order valence-corrected chi connectivity index (χ2v) is 18.8. The largest absolute Gasteiger partial charge is 0.373 e. The van der Waals surface area contributed by atoms with Crippen LogP contribution in [0.3, 0.4) is 0 Å². The molecule has 0 atom stereocenters. The minimum absolute atomic E-state index is 0.837. The highest BCUT2D eigenvalue weighted by Crippen LogP contribution is 2.45. The average molecular weight is 707 g/mol. The standard InChI is InChI=1S/C50H90O/c1-5-9-11-13-15-19-43-25-33-47(34-26-43)49(45-29-21-41(17-7-3)22-30-45)37-39-51-40-38-50(46-31-23-42(18-8-4)24-32-46)48-35-27-44(28-36-48)20-16-14-12-10-6-2/h37-38,41-48H,5-36,39-40H2,1-4H3/t41-,42-,43-,44-,45-,46-,47-,48-. The molecule has 0 radical (unpaired) electrons. The molecule has 4 saturated carbocycles. The van der Waals surface area contributed by atoms with Crippen molar-refractivity contribution in [3.05, 3.63) is 23.3 Å². The topological polar surface area (TPSA) is 9.23 Å². The molecular weight excluding hydrogens is 617 g/mol. The van der Waals surface area contributed by atoms with E-state index in [-0.39, 0.29) is 0 Å². The van der Waals surface area contributed by atoms with Gasteiger partial charge >= 0.3 is 0 Å². The minimum Gasteiger partial charge on any atom is -0.373 e. The first kappa shape index (κ1) is 43.2. The van der Waals surface area contributed by atoms with E-state index in [1.54, 1.807) is 0 Å². The van der Waals surface area contributed by atoms with Crippen LogP contribution in [0.15, 0.2) is 23.3 Å². The molecule has 0 N–H and O–H groups in total. The van der Waals surface area contributed by atoms with Gasteiger partial charge in [-0.3, -0.25) is 0 Å². The van der Waals surface area contributed by atoms with E-state index in [0.717, 1.165) is 60.6 Å². The lowest BCUT2D eigenvalue weighted by Gasteiger charge is -2.37. The Bertz CT molecular complexity index is 823. The molecule has 4 rings (SSSR count). The van der Waals surface area contributed by atoms with Gasteiger partial charge in [-0.05, 0) is 150 Å². The summed E-state index contributed by atoms with van der Waals surface area (Å²) in [7, 11) is 0. The molecule has 0 amide bonds. The van der Waals surface area contributed by atoms with E-state index in [1.807, 2.05) is 11.1 Å². The molecule has 0 heterocycles. The molecule has 0 aliphatic heterocycles. The van der Waals surface area contributed by atoms with Crippen LogP contribution in [0, 0.1) is 47.3 Å². The van der Waals surface area contributed by atoms with Crippen LogP contribution in [0.1, 0.15) is 233 Å². The monoisotopic (exact) mass is 707 g/mol. The SMILES string of the molecule is CCCCCCC[C@H]1CC[C@H](C(=CCOCC=C([C@H]2CC[C@H](CCC)CC2)[C@H]2CC[C@H](CCCCCCC)CC2)[C@H]2CC[C@H](CCC)CC2)CC1. The fourth-order valence-corrected chi connectivity index (χ4v) is 11.7. The van der Waals surface area contributed by atoms with Crippen molar-refractivity contribution in [3.8, 4) is 0 Å². The Balaban J connectivity index is 1.32. The third-order valence-corrected chi connectivity index (χ3v) is 15.0. The summed E-state index contributed by atoms with van der Waals surface area (Å²) in [5.41, 5.74) is 3.69. The fourth-order valence-electron chi connectivity index (χ4n) is 11.7. The van der Waals surface area contributed by atoms with Crippen molar-refractivity contribution in [2.24, 2.45) is 47.3 Å². The Hall–Kier alpha value is -0.560. The van der Waals surface area contributed by atoms with Gasteiger partial charge in [-0.1, -0.05) is 154 Å². The molecule has 4 aliphatic carbocycles. The molecule has 0 aromatic carbocycles. The lowest BCUT2D eigenvalue weighted by Crippen LogP contribution is -2.24. The second kappa shape index (κ2) is 26.3. The summed E-state index contributed by atoms with van der Waals surface area (Å²) in [5, 5.41) is 0. The summed E-state index contributed by atoms with van der Waals surface area (Å²) in [5.74, 6) is 7.34. The average Bonchev–Trinajstić information content (AvgIpc) is 3.16. The molecule has 0 unspecified atom stereocenters. The fraction of sp³-hybridized carbons (Fsp3) is 0.920. The Morgan fingerprint density at radius 1 is 0.353 bits per heavy atom. The van der Waals surface area contributed by atoms with Crippen molar-refractivity contribution in [1.29, 1.82) is 0 Å². The van der Waals surface area contributed by atoms with E-state index in [4.69, 9.17) is 4.74 Å². The molecule has 0 spiro atoms. The van der Waals surface area contributed by atoms with E-state index in [1.165, 1.54) is 205 Å². The van der Waals surface area contributed by atoms with Crippen LogP contribution in [0.5, 0.6) is 0 Å². The van der Waals surface area contributed by atoms with Gasteiger partial charge in [0.05, 0.1) is 13.2 Å². The van der Waals surface area contributed by atoms with Crippen LogP contribution >= 0.6 is 0 Å². The first-order chi connectivity index (χ1) is 25.1. The number of allylic oxidation sites excluding steroid dienone is 2. The molecule has 4 fully saturated rings. The van der Waals surface area contributed by atoms with Gasteiger partial charge in [-0.15, -0.1) is 0 Å². The number of unbranched alkanes of at least 4 members (excludes halogenated alkanes) is 8. The molecular formula is C50H90O. The van der Waals surface area contributed by atoms with E-state index in [0.29, 0.717) is 0 Å². The molecule has 1 heteroatoms. The highest BCUT2D eigenvalue weighted by atomic mass is 16.5. The molecule has 1 nitrogen and oxygen atoms in total. The summed E-state index contributed by atoms with van der Waals surface area (Å²) in [6.45, 7) is 11.1. The molecule has 296 valence electrons. The zero-order chi connectivity index (χ0) is 35.9. The predicted octanol–water partition coefficient (Wildman–Crippen LogP) is 16.4. The first-order valence-electron chi connectivity index (χ1n) is 24.1. The maximum Gasteiger partial charge on any atom is 0.0654 e. The highest BCUT2D eigenvalue weighted by Gasteiger charge is 2.32. The Kier molecular flexibility index (Phi) is 22.2. The molecule has 0 aromatic heterocycles. The minimum atomic E-state index is 0.837. The number of rotatable bonds is 24. The summed E-state index contributed by atoms with van der Waals surface area (Å²) >= 11 is 0. The summed E-state index contributed by atoms with van der Waals surface area (Å²) in [6, 6.07) is 0. The maximum atomic E-state index is 6.64. The lowest BCUT2D eigenvalue weighted by atomic mass is 9.69. The number of ether oxygens (including phenoxy) is 1. The predicted molar refractivity (Wildman–Crippen MR) is 225 cm³/mol. The van der Waals surface area contributed by atoms with Crippen molar-refractivity contribution >= 4 is 0 Å². The third-order valence-electron chi connectivity index (χ3n) is 15.0. The van der Waals surface area contributed by atoms with Crippen molar-refractivity contribution < 1.29 is 4.74 Å². The van der Waals surface area contributed by atoms with Gasteiger partial charge in [0, 0.05) is 0 Å². The summed E-state index contributed by atoms with van der Waals surface area (Å²) < 4.78 is 6.64. The van der Waals surface area contributed by atoms with Gasteiger partial charge in [-0.25, -0.2) is 0 Å². The normalized spacial score (nSPS) is 31.2. The van der Waals surface area contributed by atoms with Crippen molar-refractivity contribution in [2.45, 2.75) is 233 Å². The van der Waals surface area contributed by atoms with Crippen LogP contribution < -0.4 is 0 Å². The number of hydrogen-bond donors (Lipinski definition) is 0. The van der Waals surface area contributed by atoms with E-state index >= 15 is 0 Å². The Morgan fingerprint density at radius 3 is 0.941 bits per heavy atom. The Morgan fingerprint density at radius 2 is 0.647 bits per heavy atom. The lowest BCUT2D eigenvalue weighted by molar-refractivity contribution is 0.184. The van der Waals surface area contributed by atoms with E-state index in [9.17, 15) is 0 Å². The smallest absolute Gasteiger partial charge is 0.0654 e. The quantitative estimate of drug-likeness (QED) is 0.0717. The van der Waals surface area contributed by atoms with Crippen molar-refractivity contribution in [1.82, 2.24) is 0 Å². The summed E-state index contributed by atoms with van der Waals surface area (Å²) in [4.78, 5) is 0. The van der Waals surface area contributed by atoms with Gasteiger partial charge in [0.25, 0.3) is 0 Å². The van der Waals surface area contributed by atoms with Crippen LogP contribution in [-0.2, 0) is 4.74 Å². The van der Waals surface area contributed by atoms with Crippen molar-refractivity contribution in [2.75, 3.05) is 13.2 Å². The van der Waals surface area contributed by atoms with E-state index < -0.39 is 0 Å². The zero-order valence-electron chi connectivity index (χ0n) is 35.2. The molecule has 0 aromatic rings. The van der Waals surface area contributed by atoms with Gasteiger partial charge < -0.3 is 4.74 Å². The van der Waals surface area contributed by atoms with Crippen LogP contribution in [0.4, 0.5) is 0 Å². The molecule has 0 bridgehead atoms. The van der Waals surface area contributed by atoms with E-state index in [2.05, 4.69) is 39.8 Å². The second-order valence-electron chi connectivity index (χ2n) is 18.8. The van der Waals surface area contributed by atoms with Gasteiger partial charge in [-0.2, -0.15) is 0 Å². The maximum absolute atomic E-state index is 6.64. The van der Waals surface area contributed by atoms with Gasteiger partial charge in [0.1, 0.15) is 0 Å². The van der Waals surface area contributed by atoms with Gasteiger partial charge in [0.2, 0.25) is 0 Å². The number of hydrogen-bond acceptors (Lipinski definition) is 1. The van der Waals surface area contributed by atoms with Crippen LogP contribution in [0.25, 0.3) is 0 Å². The van der Waals surface area contributed by atoms with Crippen molar-refractivity contribution in [3.63, 3.8) is 0 Å². The third kappa shape index (κ3) is 16.0. The van der Waals surface area contributed by atoms with Crippen LogP contribution in [0.2, 0.25) is 0 Å².